The van der Waals surface area contributed by atoms with Crippen LogP contribution in [0, 0.1) is 0 Å². The van der Waals surface area contributed by atoms with E-state index in [1.54, 1.807) is 0 Å². The molecule has 0 aromatic carbocycles. The molecule has 0 saturated heterocycles. The number of amides is 1. The lowest BCUT2D eigenvalue weighted by molar-refractivity contribution is -0.0160. The number of carbonyl (C=O) groups is 1. The van der Waals surface area contributed by atoms with Crippen molar-refractivity contribution in [3.8, 4) is 0 Å². The van der Waals surface area contributed by atoms with Gasteiger partial charge >= 0.3 is 0 Å². The Morgan fingerprint density at radius 1 is 0.580 bits per heavy atom. The second-order valence-electron chi connectivity index (χ2n) is 14.8. The molecule has 0 aromatic rings. The van der Waals surface area contributed by atoms with E-state index in [2.05, 4.69) is 48.4 Å². The molecule has 0 bridgehead atoms. The third kappa shape index (κ3) is 41.6. The van der Waals surface area contributed by atoms with Gasteiger partial charge in [0, 0.05) is 32.1 Å². The Labute approximate surface area is 317 Å². The van der Waals surface area contributed by atoms with E-state index in [1.165, 1.54) is 179 Å². The molecule has 0 heterocycles. The van der Waals surface area contributed by atoms with Crippen LogP contribution in [0.3, 0.4) is 0 Å². The maximum absolute atomic E-state index is 12.3. The average molecular weight is 723 g/mol. The maximum Gasteiger partial charge on any atom is 0.279 e. The van der Waals surface area contributed by atoms with Crippen molar-refractivity contribution in [3.05, 3.63) is 24.3 Å². The number of hydrogen-bond acceptors (Lipinski definition) is 5. The summed E-state index contributed by atoms with van der Waals surface area (Å²) in [5.41, 5.74) is 0. The van der Waals surface area contributed by atoms with Gasteiger partial charge in [-0.2, -0.15) is 0 Å². The normalized spacial score (nSPS) is 12.6. The summed E-state index contributed by atoms with van der Waals surface area (Å²) in [4.78, 5) is 14.4. The number of rotatable bonds is 40. The highest BCUT2D eigenvalue weighted by Crippen LogP contribution is 2.12. The Hall–Kier alpha value is -0.820. The van der Waals surface area contributed by atoms with Crippen molar-refractivity contribution in [3.63, 3.8) is 0 Å². The summed E-state index contributed by atoms with van der Waals surface area (Å²) >= 11 is 1.35. The van der Waals surface area contributed by atoms with E-state index in [4.69, 9.17) is 9.47 Å². The van der Waals surface area contributed by atoms with Crippen LogP contribution in [0.5, 0.6) is 0 Å². The summed E-state index contributed by atoms with van der Waals surface area (Å²) in [6, 6.07) is 0. The number of allylic oxidation sites excluding steroid dienone is 4. The van der Waals surface area contributed by atoms with Crippen molar-refractivity contribution in [1.29, 1.82) is 0 Å². The van der Waals surface area contributed by atoms with Crippen LogP contribution >= 0.6 is 11.8 Å². The van der Waals surface area contributed by atoms with Crippen molar-refractivity contribution >= 4 is 17.0 Å². The number of hydrogen-bond donors (Lipinski definition) is 1. The van der Waals surface area contributed by atoms with Gasteiger partial charge in [0.2, 0.25) is 0 Å². The molecule has 0 aromatic heterocycles. The topological polar surface area (TPSA) is 50.8 Å². The first-order valence-electron chi connectivity index (χ1n) is 21.6. The van der Waals surface area contributed by atoms with Crippen LogP contribution in [0.25, 0.3) is 0 Å². The van der Waals surface area contributed by atoms with Gasteiger partial charge in [-0.05, 0) is 78.3 Å². The van der Waals surface area contributed by atoms with Gasteiger partial charge in [0.05, 0.1) is 12.7 Å². The van der Waals surface area contributed by atoms with Crippen LogP contribution in [0.2, 0.25) is 0 Å². The second kappa shape index (κ2) is 42.6. The van der Waals surface area contributed by atoms with Crippen molar-refractivity contribution in [2.75, 3.05) is 52.8 Å². The van der Waals surface area contributed by atoms with Crippen molar-refractivity contribution in [1.82, 2.24) is 10.2 Å². The summed E-state index contributed by atoms with van der Waals surface area (Å²) in [6.07, 6.45) is 46.3. The summed E-state index contributed by atoms with van der Waals surface area (Å²) < 4.78 is 12.3. The van der Waals surface area contributed by atoms with Gasteiger partial charge in [-0.25, -0.2) is 0 Å². The van der Waals surface area contributed by atoms with Crippen molar-refractivity contribution < 1.29 is 14.3 Å². The Morgan fingerprint density at radius 2 is 0.980 bits per heavy atom. The minimum atomic E-state index is -0.0781. The lowest BCUT2D eigenvalue weighted by Crippen LogP contribution is -2.35. The van der Waals surface area contributed by atoms with Gasteiger partial charge in [-0.3, -0.25) is 4.79 Å². The van der Waals surface area contributed by atoms with E-state index in [-0.39, 0.29) is 11.3 Å². The molecular weight excluding hydrogens is 637 g/mol. The Balaban J connectivity index is 3.94. The molecule has 5 nitrogen and oxygen atoms in total. The zero-order valence-corrected chi connectivity index (χ0v) is 34.8. The Bertz CT molecular complexity index is 730. The van der Waals surface area contributed by atoms with Gasteiger partial charge in [0.1, 0.15) is 0 Å². The van der Waals surface area contributed by atoms with E-state index >= 15 is 0 Å². The monoisotopic (exact) mass is 723 g/mol. The van der Waals surface area contributed by atoms with Crippen LogP contribution in [-0.4, -0.2) is 69.0 Å². The van der Waals surface area contributed by atoms with Gasteiger partial charge in [-0.1, -0.05) is 165 Å². The molecule has 0 aliphatic carbocycles. The van der Waals surface area contributed by atoms with E-state index < -0.39 is 0 Å². The van der Waals surface area contributed by atoms with E-state index in [0.29, 0.717) is 13.2 Å². The van der Waals surface area contributed by atoms with E-state index in [0.717, 1.165) is 38.4 Å². The fraction of sp³-hybridized carbons (Fsp3) is 0.886. The van der Waals surface area contributed by atoms with Crippen LogP contribution in [0.15, 0.2) is 24.3 Å². The highest BCUT2D eigenvalue weighted by Gasteiger charge is 2.12. The molecule has 50 heavy (non-hydrogen) atoms. The number of ether oxygens (including phenoxy) is 2. The summed E-state index contributed by atoms with van der Waals surface area (Å²) in [5, 5.41) is 3.10. The lowest BCUT2D eigenvalue weighted by atomic mass is 10.1. The first-order valence-corrected chi connectivity index (χ1v) is 22.6. The summed E-state index contributed by atoms with van der Waals surface area (Å²) in [7, 11) is 4.07. The summed E-state index contributed by atoms with van der Waals surface area (Å²) in [6.45, 7) is 8.06. The second-order valence-corrected chi connectivity index (χ2v) is 15.8. The van der Waals surface area contributed by atoms with E-state index in [9.17, 15) is 4.79 Å². The first-order chi connectivity index (χ1) is 24.6. The fourth-order valence-corrected chi connectivity index (χ4v) is 6.83. The fourth-order valence-electron chi connectivity index (χ4n) is 6.00. The van der Waals surface area contributed by atoms with Crippen LogP contribution in [0.4, 0.5) is 4.79 Å². The molecule has 296 valence electrons. The van der Waals surface area contributed by atoms with Crippen LogP contribution < -0.4 is 5.32 Å². The zero-order chi connectivity index (χ0) is 36.4. The zero-order valence-electron chi connectivity index (χ0n) is 34.0. The average Bonchev–Trinajstić information content (AvgIpc) is 3.10. The SMILES string of the molecule is CCCCCCCC/C=C\CCCCCCCCOCC(CNC(=O)SCCN(C)C)OCCCCCCCC/C=C\CCCCCCCC. The minimum absolute atomic E-state index is 0.0333. The van der Waals surface area contributed by atoms with Gasteiger partial charge in [0.15, 0.2) is 0 Å². The molecule has 1 atom stereocenters. The third-order valence-electron chi connectivity index (χ3n) is 9.36. The molecule has 0 aliphatic heterocycles. The molecular formula is C44H86N2O3S. The molecule has 0 saturated carbocycles. The summed E-state index contributed by atoms with van der Waals surface area (Å²) in [5.74, 6) is 0.798. The van der Waals surface area contributed by atoms with Gasteiger partial charge < -0.3 is 19.7 Å². The minimum Gasteiger partial charge on any atom is -0.379 e. The molecule has 6 heteroatoms. The third-order valence-corrected chi connectivity index (χ3v) is 10.2. The quantitative estimate of drug-likeness (QED) is 0.0504. The Morgan fingerprint density at radius 3 is 1.42 bits per heavy atom. The highest BCUT2D eigenvalue weighted by molar-refractivity contribution is 8.13. The molecule has 1 amide bonds. The largest absolute Gasteiger partial charge is 0.379 e. The molecule has 0 radical (unpaired) electrons. The van der Waals surface area contributed by atoms with Crippen molar-refractivity contribution in [2.24, 2.45) is 0 Å². The van der Waals surface area contributed by atoms with Crippen LogP contribution in [-0.2, 0) is 9.47 Å². The standard InChI is InChI=1S/C44H86N2O3S/c1-5-7-9-11-13-15-17-19-21-23-25-27-29-31-33-35-38-48-42-43(41-45-44(47)50-40-37-46(3)4)49-39-36-34-32-30-28-26-24-22-20-18-16-14-12-10-8-6-2/h19-22,43H,5-18,23-42H2,1-4H3,(H,45,47)/b21-19-,22-20-. The molecule has 0 fully saturated rings. The molecule has 1 N–H and O–H groups in total. The predicted octanol–water partition coefficient (Wildman–Crippen LogP) is 13.5. The van der Waals surface area contributed by atoms with Gasteiger partial charge in [0.25, 0.3) is 5.24 Å². The van der Waals surface area contributed by atoms with E-state index in [1.807, 2.05) is 14.1 Å². The number of unbranched alkanes of at least 4 members (excludes halogenated alkanes) is 24. The number of thioether (sulfide) groups is 1. The highest BCUT2D eigenvalue weighted by atomic mass is 32.2. The van der Waals surface area contributed by atoms with Gasteiger partial charge in [-0.15, -0.1) is 0 Å². The maximum atomic E-state index is 12.3. The first kappa shape index (κ1) is 49.2. The van der Waals surface area contributed by atoms with Crippen molar-refractivity contribution in [2.45, 2.75) is 200 Å². The smallest absolute Gasteiger partial charge is 0.279 e. The number of nitrogens with one attached hydrogen (secondary N) is 1. The molecule has 0 aliphatic rings. The predicted molar refractivity (Wildman–Crippen MR) is 224 cm³/mol. The molecule has 0 rings (SSSR count). The Kier molecular flexibility index (Phi) is 41.9. The van der Waals surface area contributed by atoms with Crippen LogP contribution in [0.1, 0.15) is 194 Å². The molecule has 1 unspecified atom stereocenters. The molecule has 0 spiro atoms. The lowest BCUT2D eigenvalue weighted by Gasteiger charge is -2.19. The number of carbonyl (C=O) groups excluding carboxylic acids is 1. The number of nitrogens with zero attached hydrogens (tertiary/aromatic N) is 1.